The number of ether oxygens (including phenoxy) is 2. The molecule has 2 heterocycles. The highest BCUT2D eigenvalue weighted by Gasteiger charge is 2.28. The van der Waals surface area contributed by atoms with E-state index in [1.807, 2.05) is 0 Å². The maximum atomic E-state index is 11.8. The lowest BCUT2D eigenvalue weighted by Gasteiger charge is -2.21. The molecular weight excluding hydrogens is 350 g/mol. The first-order valence-electron chi connectivity index (χ1n) is 7.49. The Morgan fingerprint density at radius 2 is 2.04 bits per heavy atom. The normalized spacial score (nSPS) is 15.5. The molecule has 0 aliphatic carbocycles. The number of nitrogens with zero attached hydrogens (tertiary/aromatic N) is 4. The van der Waals surface area contributed by atoms with Gasteiger partial charge in [0.15, 0.2) is 0 Å². The predicted octanol–water partition coefficient (Wildman–Crippen LogP) is 2.10. The number of hydrogen-bond acceptors (Lipinski definition) is 8. The molecule has 26 heavy (non-hydrogen) atoms. The van der Waals surface area contributed by atoms with Crippen LogP contribution in [0.3, 0.4) is 0 Å². The average molecular weight is 363 g/mol. The predicted molar refractivity (Wildman–Crippen MR) is 86.0 cm³/mol. The molecule has 1 aliphatic heterocycles. The van der Waals surface area contributed by atoms with E-state index in [9.17, 15) is 25.0 Å². The number of aryl methyl sites for hydroxylation is 1. The zero-order chi connectivity index (χ0) is 18.7. The quantitative estimate of drug-likeness (QED) is 0.626. The van der Waals surface area contributed by atoms with Crippen molar-refractivity contribution in [3.05, 3.63) is 50.7 Å². The summed E-state index contributed by atoms with van der Waals surface area (Å²) in [6.45, 7) is 0.383. The Kier molecular flexibility index (Phi) is 4.64. The van der Waals surface area contributed by atoms with Crippen molar-refractivity contribution >= 4 is 23.3 Å². The highest BCUT2D eigenvalue weighted by Crippen LogP contribution is 2.24. The second-order valence-corrected chi connectivity index (χ2v) is 5.39. The first kappa shape index (κ1) is 17.1. The molecule has 2 aromatic rings. The molecule has 3 rings (SSSR count). The fourth-order valence-electron chi connectivity index (χ4n) is 2.33. The number of nitrogens with one attached hydrogen (secondary N) is 1. The highest BCUT2D eigenvalue weighted by molar-refractivity contribution is 5.84. The van der Waals surface area contributed by atoms with Crippen LogP contribution in [0.15, 0.2) is 30.5 Å². The topological polar surface area (TPSA) is 152 Å². The number of imidazole rings is 1. The van der Waals surface area contributed by atoms with E-state index in [0.717, 1.165) is 0 Å². The van der Waals surface area contributed by atoms with Crippen LogP contribution in [0.2, 0.25) is 0 Å². The molecular formula is C14H13N5O7. The number of fused-ring (bicyclic) bond motifs is 1. The van der Waals surface area contributed by atoms with E-state index < -0.39 is 22.0 Å². The molecule has 0 saturated carbocycles. The number of non-ortho nitro benzene ring substituents is 1. The molecule has 0 spiro atoms. The number of nitro groups is 2. The minimum atomic E-state index is -0.748. The van der Waals surface area contributed by atoms with Crippen LogP contribution in [0.5, 0.6) is 6.01 Å². The van der Waals surface area contributed by atoms with Gasteiger partial charge in [0, 0.05) is 35.8 Å². The molecule has 0 saturated heterocycles. The SMILES string of the molecule is O=C(Nc1ccc([N+](=O)[O-])cc1)OC[C@H]1CCn2cc([N+](=O)[O-])nc2O1. The minimum absolute atomic E-state index is 0.0700. The summed E-state index contributed by atoms with van der Waals surface area (Å²) in [6.07, 6.45) is 0.549. The summed E-state index contributed by atoms with van der Waals surface area (Å²) < 4.78 is 12.0. The number of hydrogen-bond donors (Lipinski definition) is 1. The van der Waals surface area contributed by atoms with Crippen LogP contribution in [-0.2, 0) is 11.3 Å². The van der Waals surface area contributed by atoms with Crippen molar-refractivity contribution < 1.29 is 24.1 Å². The zero-order valence-corrected chi connectivity index (χ0v) is 13.2. The second-order valence-electron chi connectivity index (χ2n) is 5.39. The smallest absolute Gasteiger partial charge is 0.414 e. The highest BCUT2D eigenvalue weighted by atomic mass is 16.6. The lowest BCUT2D eigenvalue weighted by atomic mass is 10.2. The Morgan fingerprint density at radius 1 is 1.31 bits per heavy atom. The van der Waals surface area contributed by atoms with Crippen LogP contribution in [0, 0.1) is 20.2 Å². The van der Waals surface area contributed by atoms with Crippen LogP contribution < -0.4 is 10.1 Å². The largest absolute Gasteiger partial charge is 0.445 e. The molecule has 0 unspecified atom stereocenters. The van der Waals surface area contributed by atoms with Crippen molar-refractivity contribution in [2.75, 3.05) is 11.9 Å². The van der Waals surface area contributed by atoms with Gasteiger partial charge in [-0.05, 0) is 17.1 Å². The fraction of sp³-hybridized carbons (Fsp3) is 0.286. The van der Waals surface area contributed by atoms with Crippen molar-refractivity contribution in [2.24, 2.45) is 0 Å². The first-order valence-corrected chi connectivity index (χ1v) is 7.49. The number of aromatic nitrogens is 2. The van der Waals surface area contributed by atoms with Crippen LogP contribution in [0.25, 0.3) is 0 Å². The zero-order valence-electron chi connectivity index (χ0n) is 13.2. The van der Waals surface area contributed by atoms with Gasteiger partial charge < -0.3 is 19.6 Å². The first-order chi connectivity index (χ1) is 12.4. The van der Waals surface area contributed by atoms with Crippen molar-refractivity contribution in [3.63, 3.8) is 0 Å². The van der Waals surface area contributed by atoms with Crippen LogP contribution >= 0.6 is 0 Å². The van der Waals surface area contributed by atoms with Crippen LogP contribution in [-0.4, -0.2) is 38.2 Å². The number of carbonyl (C=O) groups excluding carboxylic acids is 1. The Labute approximate surface area is 145 Å². The number of benzene rings is 1. The molecule has 12 nitrogen and oxygen atoms in total. The molecule has 0 radical (unpaired) electrons. The standard InChI is InChI=1S/C14H13N5O7/c20-14(15-9-1-3-10(4-2-9)18(21)22)25-8-11-5-6-17-7-12(19(23)24)16-13(17)26-11/h1-4,7,11H,5-6,8H2,(H,15,20)/t11-/m1/s1. The number of anilines is 1. The molecule has 12 heteroatoms. The van der Waals surface area contributed by atoms with Gasteiger partial charge >= 0.3 is 17.9 Å². The average Bonchev–Trinajstić information content (AvgIpc) is 3.04. The van der Waals surface area contributed by atoms with Crippen molar-refractivity contribution in [3.8, 4) is 6.01 Å². The maximum absolute atomic E-state index is 11.8. The summed E-state index contributed by atoms with van der Waals surface area (Å²) in [6, 6.07) is 5.38. The van der Waals surface area contributed by atoms with Gasteiger partial charge in [-0.15, -0.1) is 0 Å². The van der Waals surface area contributed by atoms with E-state index in [2.05, 4.69) is 10.3 Å². The lowest BCUT2D eigenvalue weighted by Crippen LogP contribution is -2.32. The molecule has 1 aromatic heterocycles. The van der Waals surface area contributed by atoms with Crippen molar-refractivity contribution in [1.29, 1.82) is 0 Å². The van der Waals surface area contributed by atoms with E-state index in [-0.39, 0.29) is 24.1 Å². The number of rotatable bonds is 5. The molecule has 0 fully saturated rings. The third kappa shape index (κ3) is 3.85. The number of nitro benzene ring substituents is 1. The Hall–Kier alpha value is -3.70. The lowest BCUT2D eigenvalue weighted by molar-refractivity contribution is -0.389. The summed E-state index contributed by atoms with van der Waals surface area (Å²) in [5, 5.41) is 23.7. The minimum Gasteiger partial charge on any atom is -0.445 e. The molecule has 1 N–H and O–H groups in total. The molecule has 1 atom stereocenters. The van der Waals surface area contributed by atoms with Gasteiger partial charge in [-0.25, -0.2) is 4.79 Å². The Morgan fingerprint density at radius 3 is 2.69 bits per heavy atom. The van der Waals surface area contributed by atoms with Crippen LogP contribution in [0.1, 0.15) is 6.42 Å². The summed E-state index contributed by atoms with van der Waals surface area (Å²) in [7, 11) is 0. The monoisotopic (exact) mass is 363 g/mol. The van der Waals surface area contributed by atoms with E-state index in [1.54, 1.807) is 0 Å². The molecule has 136 valence electrons. The van der Waals surface area contributed by atoms with Gasteiger partial charge in [-0.2, -0.15) is 0 Å². The van der Waals surface area contributed by atoms with Gasteiger partial charge in [-0.3, -0.25) is 20.0 Å². The van der Waals surface area contributed by atoms with Crippen molar-refractivity contribution in [2.45, 2.75) is 19.1 Å². The summed E-state index contributed by atoms with van der Waals surface area (Å²) in [5.41, 5.74) is 0.250. The van der Waals surface area contributed by atoms with Crippen LogP contribution in [0.4, 0.5) is 22.0 Å². The van der Waals surface area contributed by atoms with Gasteiger partial charge in [0.1, 0.15) is 18.9 Å². The number of amides is 1. The molecule has 1 amide bonds. The van der Waals surface area contributed by atoms with E-state index in [4.69, 9.17) is 9.47 Å². The van der Waals surface area contributed by atoms with Gasteiger partial charge in [0.05, 0.1) is 4.92 Å². The van der Waals surface area contributed by atoms with E-state index in [1.165, 1.54) is 35.0 Å². The summed E-state index contributed by atoms with van der Waals surface area (Å²) in [5.74, 6) is -0.308. The fourth-order valence-corrected chi connectivity index (χ4v) is 2.33. The summed E-state index contributed by atoms with van der Waals surface area (Å²) in [4.78, 5) is 35.7. The molecule has 1 aliphatic rings. The third-order valence-electron chi connectivity index (χ3n) is 3.60. The Bertz CT molecular complexity index is 848. The summed E-state index contributed by atoms with van der Waals surface area (Å²) >= 11 is 0. The van der Waals surface area contributed by atoms with E-state index in [0.29, 0.717) is 18.7 Å². The van der Waals surface area contributed by atoms with Gasteiger partial charge in [-0.1, -0.05) is 0 Å². The number of carbonyl (C=O) groups is 1. The Balaban J connectivity index is 1.50. The molecule has 1 aromatic carbocycles. The second kappa shape index (κ2) is 7.04. The third-order valence-corrected chi connectivity index (χ3v) is 3.60. The van der Waals surface area contributed by atoms with Gasteiger partial charge in [0.2, 0.25) is 0 Å². The molecule has 0 bridgehead atoms. The van der Waals surface area contributed by atoms with E-state index >= 15 is 0 Å². The maximum Gasteiger partial charge on any atom is 0.414 e. The van der Waals surface area contributed by atoms with Crippen molar-refractivity contribution in [1.82, 2.24) is 9.55 Å². The van der Waals surface area contributed by atoms with Gasteiger partial charge in [0.25, 0.3) is 5.69 Å².